The third kappa shape index (κ3) is 3.64. The Morgan fingerprint density at radius 3 is 2.84 bits per heavy atom. The van der Waals surface area contributed by atoms with Crippen LogP contribution in [-0.4, -0.2) is 46.0 Å². The lowest BCUT2D eigenvalue weighted by molar-refractivity contribution is 0.108. The average molecular weight is 352 g/mol. The summed E-state index contributed by atoms with van der Waals surface area (Å²) in [6.45, 7) is 3.78. The molecule has 0 amide bonds. The summed E-state index contributed by atoms with van der Waals surface area (Å²) in [4.78, 5) is 14.0. The molecule has 1 N–H and O–H groups in total. The molecule has 2 heterocycles. The van der Waals surface area contributed by atoms with Crippen molar-refractivity contribution in [1.82, 2.24) is 19.7 Å². The molecule has 0 saturated carbocycles. The SMILES string of the molecule is CCn1c(C2CC(OC)CN2CCc2ccc(F)c(F)c2)n[nH]c1=O. The third-order valence-corrected chi connectivity index (χ3v) is 4.77. The van der Waals surface area contributed by atoms with Gasteiger partial charge in [0.15, 0.2) is 17.5 Å². The number of likely N-dealkylation sites (tertiary alicyclic amines) is 1. The maximum atomic E-state index is 13.4. The summed E-state index contributed by atoms with van der Waals surface area (Å²) in [7, 11) is 1.66. The highest BCUT2D eigenvalue weighted by atomic mass is 19.2. The number of halogens is 2. The van der Waals surface area contributed by atoms with Crippen molar-refractivity contribution < 1.29 is 13.5 Å². The summed E-state index contributed by atoms with van der Waals surface area (Å²) in [5, 5.41) is 6.69. The molecule has 6 nitrogen and oxygen atoms in total. The van der Waals surface area contributed by atoms with Crippen molar-refractivity contribution in [1.29, 1.82) is 0 Å². The number of rotatable bonds is 6. The Kier molecular flexibility index (Phi) is 5.29. The van der Waals surface area contributed by atoms with E-state index in [9.17, 15) is 13.6 Å². The Bertz CT molecular complexity index is 789. The average Bonchev–Trinajstić information content (AvgIpc) is 3.18. The van der Waals surface area contributed by atoms with Crippen molar-refractivity contribution in [3.05, 3.63) is 51.7 Å². The number of nitrogens with one attached hydrogen (secondary N) is 1. The van der Waals surface area contributed by atoms with Gasteiger partial charge in [-0.25, -0.2) is 18.7 Å². The highest BCUT2D eigenvalue weighted by Crippen LogP contribution is 2.31. The lowest BCUT2D eigenvalue weighted by atomic mass is 10.1. The summed E-state index contributed by atoms with van der Waals surface area (Å²) in [5.74, 6) is -0.986. The van der Waals surface area contributed by atoms with Crippen LogP contribution in [0.25, 0.3) is 0 Å². The second-order valence-electron chi connectivity index (χ2n) is 6.23. The van der Waals surface area contributed by atoms with Gasteiger partial charge in [-0.3, -0.25) is 9.47 Å². The molecule has 1 aromatic carbocycles. The number of H-pyrrole nitrogens is 1. The van der Waals surface area contributed by atoms with Crippen molar-refractivity contribution in [2.45, 2.75) is 38.5 Å². The molecule has 0 spiro atoms. The van der Waals surface area contributed by atoms with Crippen LogP contribution in [0.3, 0.4) is 0 Å². The highest BCUT2D eigenvalue weighted by Gasteiger charge is 2.36. The van der Waals surface area contributed by atoms with Gasteiger partial charge in [-0.1, -0.05) is 6.07 Å². The molecule has 0 aliphatic carbocycles. The molecule has 0 radical (unpaired) electrons. The Labute approximate surface area is 144 Å². The van der Waals surface area contributed by atoms with Crippen LogP contribution >= 0.6 is 0 Å². The predicted octanol–water partition coefficient (Wildman–Crippen LogP) is 1.87. The molecule has 2 aromatic rings. The third-order valence-electron chi connectivity index (χ3n) is 4.77. The molecular formula is C17H22F2N4O2. The molecule has 2 unspecified atom stereocenters. The van der Waals surface area contributed by atoms with Crippen LogP contribution < -0.4 is 5.69 Å². The van der Waals surface area contributed by atoms with Gasteiger partial charge in [0.25, 0.3) is 0 Å². The van der Waals surface area contributed by atoms with Crippen LogP contribution in [0.1, 0.15) is 30.8 Å². The minimum absolute atomic E-state index is 0.0471. The smallest absolute Gasteiger partial charge is 0.343 e. The normalized spacial score (nSPS) is 21.1. The van der Waals surface area contributed by atoms with Crippen LogP contribution in [0.5, 0.6) is 0 Å². The molecule has 0 bridgehead atoms. The largest absolute Gasteiger partial charge is 0.380 e. The van der Waals surface area contributed by atoms with Crippen molar-refractivity contribution in [3.8, 4) is 0 Å². The number of nitrogens with zero attached hydrogens (tertiary/aromatic N) is 3. The Morgan fingerprint density at radius 1 is 1.36 bits per heavy atom. The number of ether oxygens (including phenoxy) is 1. The van der Waals surface area contributed by atoms with Gasteiger partial charge in [0.2, 0.25) is 0 Å². The lowest BCUT2D eigenvalue weighted by Crippen LogP contribution is -2.30. The van der Waals surface area contributed by atoms with E-state index in [1.54, 1.807) is 17.7 Å². The quantitative estimate of drug-likeness (QED) is 0.862. The molecule has 2 atom stereocenters. The molecule has 8 heteroatoms. The fourth-order valence-electron chi connectivity index (χ4n) is 3.41. The van der Waals surface area contributed by atoms with E-state index >= 15 is 0 Å². The van der Waals surface area contributed by atoms with Gasteiger partial charge >= 0.3 is 5.69 Å². The minimum Gasteiger partial charge on any atom is -0.380 e. The van der Waals surface area contributed by atoms with Crippen LogP contribution in [0.2, 0.25) is 0 Å². The standard InChI is InChI=1S/C17H22F2N4O2/c1-3-23-16(20-21-17(23)24)15-9-12(25-2)10-22(15)7-6-11-4-5-13(18)14(19)8-11/h4-5,8,12,15H,3,6-7,9-10H2,1-2H3,(H,21,24). The van der Waals surface area contributed by atoms with Crippen LogP contribution in [0, 0.1) is 11.6 Å². The Hall–Kier alpha value is -2.06. The maximum absolute atomic E-state index is 13.4. The molecule has 1 fully saturated rings. The summed E-state index contributed by atoms with van der Waals surface area (Å²) in [6.07, 6.45) is 1.36. The monoisotopic (exact) mass is 352 g/mol. The van der Waals surface area contributed by atoms with E-state index in [2.05, 4.69) is 15.1 Å². The number of methoxy groups -OCH3 is 1. The summed E-state index contributed by atoms with van der Waals surface area (Å²) < 4.78 is 33.5. The van der Waals surface area contributed by atoms with E-state index in [1.165, 1.54) is 6.07 Å². The van der Waals surface area contributed by atoms with Crippen molar-refractivity contribution in [3.63, 3.8) is 0 Å². The van der Waals surface area contributed by atoms with E-state index in [-0.39, 0.29) is 17.8 Å². The Morgan fingerprint density at radius 2 is 2.16 bits per heavy atom. The van der Waals surface area contributed by atoms with Crippen LogP contribution in [-0.2, 0) is 17.7 Å². The van der Waals surface area contributed by atoms with Gasteiger partial charge in [0, 0.05) is 26.7 Å². The number of benzene rings is 1. The van der Waals surface area contributed by atoms with E-state index < -0.39 is 11.6 Å². The predicted molar refractivity (Wildman–Crippen MR) is 88.3 cm³/mol. The second kappa shape index (κ2) is 7.45. The minimum atomic E-state index is -0.842. The number of aromatic nitrogens is 3. The number of aromatic amines is 1. The van der Waals surface area contributed by atoms with Gasteiger partial charge in [0.05, 0.1) is 12.1 Å². The topological polar surface area (TPSA) is 63.1 Å². The Balaban J connectivity index is 1.77. The van der Waals surface area contributed by atoms with Crippen LogP contribution in [0.15, 0.2) is 23.0 Å². The van der Waals surface area contributed by atoms with E-state index in [0.29, 0.717) is 31.9 Å². The van der Waals surface area contributed by atoms with Gasteiger partial charge in [0.1, 0.15) is 0 Å². The molecular weight excluding hydrogens is 330 g/mol. The second-order valence-corrected chi connectivity index (χ2v) is 6.23. The molecule has 136 valence electrons. The van der Waals surface area contributed by atoms with E-state index in [1.807, 2.05) is 6.92 Å². The van der Waals surface area contributed by atoms with Crippen LogP contribution in [0.4, 0.5) is 8.78 Å². The van der Waals surface area contributed by atoms with Crippen molar-refractivity contribution >= 4 is 0 Å². The first-order valence-electron chi connectivity index (χ1n) is 8.39. The fourth-order valence-corrected chi connectivity index (χ4v) is 3.41. The van der Waals surface area contributed by atoms with E-state index in [4.69, 9.17) is 4.74 Å². The first kappa shape index (κ1) is 17.8. The zero-order valence-corrected chi connectivity index (χ0v) is 14.3. The summed E-state index contributed by atoms with van der Waals surface area (Å²) in [6, 6.07) is 3.92. The molecule has 3 rings (SSSR count). The highest BCUT2D eigenvalue weighted by molar-refractivity contribution is 5.18. The molecule has 1 aliphatic rings. The first-order valence-corrected chi connectivity index (χ1v) is 8.39. The fraction of sp³-hybridized carbons (Fsp3) is 0.529. The van der Waals surface area contributed by atoms with Gasteiger partial charge in [-0.2, -0.15) is 5.10 Å². The summed E-state index contributed by atoms with van der Waals surface area (Å²) in [5.41, 5.74) is 0.507. The zero-order chi connectivity index (χ0) is 18.0. The molecule has 1 aromatic heterocycles. The first-order chi connectivity index (χ1) is 12.0. The molecule has 1 aliphatic heterocycles. The van der Waals surface area contributed by atoms with Gasteiger partial charge in [-0.15, -0.1) is 0 Å². The summed E-state index contributed by atoms with van der Waals surface area (Å²) >= 11 is 0. The maximum Gasteiger partial charge on any atom is 0.343 e. The lowest BCUT2D eigenvalue weighted by Gasteiger charge is -2.23. The van der Waals surface area contributed by atoms with E-state index in [0.717, 1.165) is 18.1 Å². The van der Waals surface area contributed by atoms with Gasteiger partial charge < -0.3 is 4.74 Å². The van der Waals surface area contributed by atoms with Gasteiger partial charge in [-0.05, 0) is 37.5 Å². The number of hydrogen-bond acceptors (Lipinski definition) is 4. The number of hydrogen-bond donors (Lipinski definition) is 1. The molecule has 1 saturated heterocycles. The van der Waals surface area contributed by atoms with Crippen molar-refractivity contribution in [2.75, 3.05) is 20.2 Å². The molecule has 25 heavy (non-hydrogen) atoms. The zero-order valence-electron chi connectivity index (χ0n) is 14.3. The van der Waals surface area contributed by atoms with Crippen molar-refractivity contribution in [2.24, 2.45) is 0 Å².